The van der Waals surface area contributed by atoms with E-state index in [1.807, 2.05) is 0 Å². The average Bonchev–Trinajstić information content (AvgIpc) is 2.64. The zero-order valence-corrected chi connectivity index (χ0v) is 7.71. The molecule has 2 atom stereocenters. The normalized spacial score (nSPS) is 40.9. The van der Waals surface area contributed by atoms with Crippen molar-refractivity contribution >= 4 is 0 Å². The van der Waals surface area contributed by atoms with E-state index in [-0.39, 0.29) is 0 Å². The Morgan fingerprint density at radius 1 is 1.00 bits per heavy atom. The maximum Gasteiger partial charge on any atom is 0.00966 e. The number of rotatable bonds is 1. The molecule has 0 aromatic heterocycles. The minimum absolute atomic E-state index is 0.944. The molecule has 1 nitrogen and oxygen atoms in total. The lowest BCUT2D eigenvalue weighted by atomic mass is 9.92. The monoisotopic (exact) mass is 153 g/mol. The molecule has 2 fully saturated rings. The SMILES string of the molecule is CC1CC(C)CN(C2CC2)C1. The minimum Gasteiger partial charge on any atom is -0.300 e. The van der Waals surface area contributed by atoms with E-state index in [1.54, 1.807) is 0 Å². The predicted molar refractivity (Wildman–Crippen MR) is 47.5 cm³/mol. The number of likely N-dealkylation sites (tertiary alicyclic amines) is 1. The number of hydrogen-bond acceptors (Lipinski definition) is 1. The quantitative estimate of drug-likeness (QED) is 0.558. The van der Waals surface area contributed by atoms with Gasteiger partial charge in [0.25, 0.3) is 0 Å². The highest BCUT2D eigenvalue weighted by molar-refractivity contribution is 4.88. The van der Waals surface area contributed by atoms with Crippen molar-refractivity contribution in [1.29, 1.82) is 0 Å². The third-order valence-corrected chi connectivity index (χ3v) is 2.96. The lowest BCUT2D eigenvalue weighted by Gasteiger charge is -2.34. The molecule has 1 saturated carbocycles. The molecule has 0 amide bonds. The van der Waals surface area contributed by atoms with Gasteiger partial charge in [-0.15, -0.1) is 0 Å². The Morgan fingerprint density at radius 3 is 2.00 bits per heavy atom. The Balaban J connectivity index is 1.89. The number of hydrogen-bond donors (Lipinski definition) is 0. The van der Waals surface area contributed by atoms with Crippen LogP contribution in [0.2, 0.25) is 0 Å². The standard InChI is InChI=1S/C10H19N/c1-8-5-9(2)7-11(6-8)10-3-4-10/h8-10H,3-7H2,1-2H3. The van der Waals surface area contributed by atoms with Crippen molar-refractivity contribution in [1.82, 2.24) is 4.90 Å². The first-order valence-electron chi connectivity index (χ1n) is 4.99. The maximum atomic E-state index is 2.71. The van der Waals surface area contributed by atoms with Crippen LogP contribution in [0.4, 0.5) is 0 Å². The van der Waals surface area contributed by atoms with E-state index >= 15 is 0 Å². The van der Waals surface area contributed by atoms with E-state index in [1.165, 1.54) is 32.4 Å². The summed E-state index contributed by atoms with van der Waals surface area (Å²) in [6.07, 6.45) is 4.39. The lowest BCUT2D eigenvalue weighted by molar-refractivity contribution is 0.133. The molecule has 64 valence electrons. The molecule has 0 aromatic carbocycles. The van der Waals surface area contributed by atoms with Crippen LogP contribution in [-0.4, -0.2) is 24.0 Å². The van der Waals surface area contributed by atoms with Gasteiger partial charge >= 0.3 is 0 Å². The van der Waals surface area contributed by atoms with Crippen LogP contribution in [-0.2, 0) is 0 Å². The van der Waals surface area contributed by atoms with Crippen LogP contribution in [0.1, 0.15) is 33.1 Å². The van der Waals surface area contributed by atoms with Crippen molar-refractivity contribution in [3.8, 4) is 0 Å². The molecule has 11 heavy (non-hydrogen) atoms. The molecule has 2 unspecified atom stereocenters. The lowest BCUT2D eigenvalue weighted by Crippen LogP contribution is -2.39. The van der Waals surface area contributed by atoms with Gasteiger partial charge in [-0.1, -0.05) is 13.8 Å². The first-order valence-corrected chi connectivity index (χ1v) is 4.99. The van der Waals surface area contributed by atoms with Gasteiger partial charge in [-0.3, -0.25) is 4.90 Å². The fourth-order valence-electron chi connectivity index (χ4n) is 2.45. The fraction of sp³-hybridized carbons (Fsp3) is 1.00. The van der Waals surface area contributed by atoms with E-state index in [2.05, 4.69) is 18.7 Å². The Morgan fingerprint density at radius 2 is 1.55 bits per heavy atom. The largest absolute Gasteiger partial charge is 0.300 e. The zero-order valence-electron chi connectivity index (χ0n) is 7.71. The average molecular weight is 153 g/mol. The Labute approximate surface area is 69.8 Å². The van der Waals surface area contributed by atoms with Gasteiger partial charge in [0.05, 0.1) is 0 Å². The van der Waals surface area contributed by atoms with E-state index in [4.69, 9.17) is 0 Å². The second-order valence-electron chi connectivity index (χ2n) is 4.63. The van der Waals surface area contributed by atoms with Crippen LogP contribution in [0, 0.1) is 11.8 Å². The van der Waals surface area contributed by atoms with Gasteiger partial charge in [-0.25, -0.2) is 0 Å². The number of piperidine rings is 1. The van der Waals surface area contributed by atoms with Gasteiger partial charge in [-0.2, -0.15) is 0 Å². The number of nitrogens with zero attached hydrogens (tertiary/aromatic N) is 1. The molecule has 1 heteroatoms. The summed E-state index contributed by atoms with van der Waals surface area (Å²) < 4.78 is 0. The third-order valence-electron chi connectivity index (χ3n) is 2.96. The molecule has 1 aliphatic carbocycles. The Hall–Kier alpha value is -0.0400. The molecule has 1 aliphatic heterocycles. The molecule has 2 aliphatic rings. The van der Waals surface area contributed by atoms with E-state index < -0.39 is 0 Å². The minimum atomic E-state index is 0.944. The summed E-state index contributed by atoms with van der Waals surface area (Å²) in [4.78, 5) is 2.71. The molecule has 1 heterocycles. The highest BCUT2D eigenvalue weighted by Gasteiger charge is 2.33. The first kappa shape index (κ1) is 7.60. The molecule has 2 rings (SSSR count). The summed E-state index contributed by atoms with van der Waals surface area (Å²) in [7, 11) is 0. The molecule has 0 radical (unpaired) electrons. The molecule has 1 saturated heterocycles. The molecular weight excluding hydrogens is 134 g/mol. The molecule has 0 bridgehead atoms. The maximum absolute atomic E-state index is 2.71. The van der Waals surface area contributed by atoms with E-state index in [0.717, 1.165) is 17.9 Å². The topological polar surface area (TPSA) is 3.24 Å². The van der Waals surface area contributed by atoms with Crippen molar-refractivity contribution in [2.75, 3.05) is 13.1 Å². The predicted octanol–water partition coefficient (Wildman–Crippen LogP) is 2.13. The van der Waals surface area contributed by atoms with Gasteiger partial charge in [0.15, 0.2) is 0 Å². The summed E-state index contributed by atoms with van der Waals surface area (Å²) >= 11 is 0. The molecule has 0 spiro atoms. The zero-order chi connectivity index (χ0) is 7.84. The molecular formula is C10H19N. The van der Waals surface area contributed by atoms with Crippen LogP contribution < -0.4 is 0 Å². The third kappa shape index (κ3) is 1.76. The van der Waals surface area contributed by atoms with Crippen molar-refractivity contribution in [2.45, 2.75) is 39.2 Å². The summed E-state index contributed by atoms with van der Waals surface area (Å²) in [5.74, 6) is 1.89. The van der Waals surface area contributed by atoms with E-state index in [0.29, 0.717) is 0 Å². The first-order chi connectivity index (χ1) is 5.25. The molecule has 0 aromatic rings. The summed E-state index contributed by atoms with van der Waals surface area (Å²) in [5, 5.41) is 0. The van der Waals surface area contributed by atoms with Crippen LogP contribution in [0.25, 0.3) is 0 Å². The highest BCUT2D eigenvalue weighted by atomic mass is 15.2. The van der Waals surface area contributed by atoms with Crippen LogP contribution in [0.5, 0.6) is 0 Å². The second kappa shape index (κ2) is 2.78. The van der Waals surface area contributed by atoms with Crippen molar-refractivity contribution in [2.24, 2.45) is 11.8 Å². The highest BCUT2D eigenvalue weighted by Crippen LogP contribution is 2.32. The Bertz CT molecular complexity index is 130. The summed E-state index contributed by atoms with van der Waals surface area (Å²) in [6, 6.07) is 0.986. The van der Waals surface area contributed by atoms with Gasteiger partial charge in [0, 0.05) is 19.1 Å². The summed E-state index contributed by atoms with van der Waals surface area (Å²) in [5.41, 5.74) is 0. The van der Waals surface area contributed by atoms with Crippen molar-refractivity contribution in [3.63, 3.8) is 0 Å². The van der Waals surface area contributed by atoms with Gasteiger partial charge in [-0.05, 0) is 31.1 Å². The van der Waals surface area contributed by atoms with Crippen LogP contribution >= 0.6 is 0 Å². The van der Waals surface area contributed by atoms with Crippen molar-refractivity contribution < 1.29 is 0 Å². The smallest absolute Gasteiger partial charge is 0.00966 e. The van der Waals surface area contributed by atoms with Gasteiger partial charge in [0.1, 0.15) is 0 Å². The van der Waals surface area contributed by atoms with Gasteiger partial charge in [0.2, 0.25) is 0 Å². The summed E-state index contributed by atoms with van der Waals surface area (Å²) in [6.45, 7) is 7.53. The van der Waals surface area contributed by atoms with Crippen LogP contribution in [0.3, 0.4) is 0 Å². The van der Waals surface area contributed by atoms with Crippen LogP contribution in [0.15, 0.2) is 0 Å². The van der Waals surface area contributed by atoms with E-state index in [9.17, 15) is 0 Å². The molecule has 0 N–H and O–H groups in total. The van der Waals surface area contributed by atoms with Crippen molar-refractivity contribution in [3.05, 3.63) is 0 Å². The van der Waals surface area contributed by atoms with Gasteiger partial charge < -0.3 is 0 Å². The Kier molecular flexibility index (Phi) is 1.92. The fourth-order valence-corrected chi connectivity index (χ4v) is 2.45. The second-order valence-corrected chi connectivity index (χ2v) is 4.63.